The van der Waals surface area contributed by atoms with Gasteiger partial charge in [0.1, 0.15) is 5.03 Å². The van der Waals surface area contributed by atoms with E-state index in [1.54, 1.807) is 18.2 Å². The molecule has 0 atom stereocenters. The van der Waals surface area contributed by atoms with E-state index in [9.17, 15) is 18.0 Å². The molecule has 4 nitrogen and oxygen atoms in total. The number of nitrogens with zero attached hydrogens (tertiary/aromatic N) is 2. The lowest BCUT2D eigenvalue weighted by molar-refractivity contribution is -0.145. The number of halogens is 3. The Bertz CT molecular complexity index is 1050. The fourth-order valence-corrected chi connectivity index (χ4v) is 4.08. The predicted molar refractivity (Wildman–Crippen MR) is 102 cm³/mol. The molecule has 1 amide bonds. The molecular formula is C20H16F3N3OS. The fourth-order valence-electron chi connectivity index (χ4n) is 3.26. The van der Waals surface area contributed by atoms with Gasteiger partial charge < -0.3 is 5.32 Å². The quantitative estimate of drug-likeness (QED) is 0.499. The maximum Gasteiger partial charge on any atom is 0.451 e. The van der Waals surface area contributed by atoms with Crippen LogP contribution in [-0.4, -0.2) is 21.6 Å². The van der Waals surface area contributed by atoms with Crippen LogP contribution in [0.5, 0.6) is 0 Å². The Morgan fingerprint density at radius 3 is 2.68 bits per heavy atom. The molecule has 1 aliphatic rings. The number of hydrogen-bond donors (Lipinski definition) is 1. The van der Waals surface area contributed by atoms with Gasteiger partial charge in [-0.05, 0) is 48.6 Å². The lowest BCUT2D eigenvalue weighted by Crippen LogP contribution is -2.15. The van der Waals surface area contributed by atoms with Crippen molar-refractivity contribution in [1.82, 2.24) is 9.97 Å². The molecule has 0 saturated carbocycles. The highest BCUT2D eigenvalue weighted by Crippen LogP contribution is 2.32. The minimum absolute atomic E-state index is 0.0462. The van der Waals surface area contributed by atoms with Gasteiger partial charge in [-0.15, -0.1) is 0 Å². The van der Waals surface area contributed by atoms with E-state index in [0.717, 1.165) is 31.0 Å². The number of amides is 1. The molecule has 8 heteroatoms. The van der Waals surface area contributed by atoms with Crippen molar-refractivity contribution in [1.29, 1.82) is 0 Å². The molecule has 0 fully saturated rings. The molecule has 4 rings (SSSR count). The van der Waals surface area contributed by atoms with Crippen molar-refractivity contribution < 1.29 is 18.0 Å². The third-order valence-corrected chi connectivity index (χ3v) is 5.54. The number of alkyl halides is 3. The Morgan fingerprint density at radius 2 is 1.86 bits per heavy atom. The van der Waals surface area contributed by atoms with Crippen LogP contribution in [0.4, 0.5) is 18.9 Å². The second-order valence-corrected chi connectivity index (χ2v) is 7.51. The summed E-state index contributed by atoms with van der Waals surface area (Å²) in [4.78, 5) is 19.5. The summed E-state index contributed by atoms with van der Waals surface area (Å²) < 4.78 is 39.2. The van der Waals surface area contributed by atoms with Crippen molar-refractivity contribution in [3.63, 3.8) is 0 Å². The van der Waals surface area contributed by atoms with E-state index in [-0.39, 0.29) is 22.2 Å². The normalized spacial score (nSPS) is 13.5. The maximum atomic E-state index is 13.1. The first-order chi connectivity index (χ1) is 13.4. The number of aryl methyl sites for hydroxylation is 2. The molecule has 3 aromatic rings. The van der Waals surface area contributed by atoms with Gasteiger partial charge in [-0.1, -0.05) is 36.0 Å². The molecule has 0 spiro atoms. The Hall–Kier alpha value is -2.61. The topological polar surface area (TPSA) is 54.9 Å². The molecule has 0 unspecified atom stereocenters. The molecule has 1 N–H and O–H groups in total. The number of fused-ring (bicyclic) bond motifs is 2. The Morgan fingerprint density at radius 1 is 1.07 bits per heavy atom. The summed E-state index contributed by atoms with van der Waals surface area (Å²) in [5.74, 6) is -1.54. The van der Waals surface area contributed by atoms with Crippen molar-refractivity contribution in [2.75, 3.05) is 11.1 Å². The van der Waals surface area contributed by atoms with E-state index in [4.69, 9.17) is 0 Å². The zero-order valence-corrected chi connectivity index (χ0v) is 15.5. The molecule has 0 saturated heterocycles. The molecule has 2 aromatic carbocycles. The highest BCUT2D eigenvalue weighted by atomic mass is 32.2. The monoisotopic (exact) mass is 403 g/mol. The third kappa shape index (κ3) is 3.96. The molecule has 1 heterocycles. The molecule has 0 radical (unpaired) electrons. The molecule has 1 aliphatic carbocycles. The lowest BCUT2D eigenvalue weighted by Gasteiger charge is -2.11. The standard InChI is InChI=1S/C20H16F3N3OS/c21-20(22,23)19-25-16-7-2-1-6-15(16)18(26-19)28-11-17(27)24-14-9-8-12-4-3-5-13(12)10-14/h1-2,6-10H,3-5,11H2,(H,24,27). The summed E-state index contributed by atoms with van der Waals surface area (Å²) in [7, 11) is 0. The summed E-state index contributed by atoms with van der Waals surface area (Å²) in [6.45, 7) is 0. The van der Waals surface area contributed by atoms with E-state index >= 15 is 0 Å². The van der Waals surface area contributed by atoms with Gasteiger partial charge in [-0.2, -0.15) is 13.2 Å². The predicted octanol–water partition coefficient (Wildman–Crippen LogP) is 4.87. The smallest absolute Gasteiger partial charge is 0.325 e. The second-order valence-electron chi connectivity index (χ2n) is 6.54. The number of aromatic nitrogens is 2. The summed E-state index contributed by atoms with van der Waals surface area (Å²) in [5.41, 5.74) is 3.45. The number of nitrogens with one attached hydrogen (secondary N) is 1. The highest BCUT2D eigenvalue weighted by Gasteiger charge is 2.35. The van der Waals surface area contributed by atoms with Crippen LogP contribution in [0.1, 0.15) is 23.4 Å². The average Bonchev–Trinajstić information content (AvgIpc) is 3.13. The number of para-hydroxylation sites is 1. The minimum atomic E-state index is -4.65. The minimum Gasteiger partial charge on any atom is -0.325 e. The van der Waals surface area contributed by atoms with Gasteiger partial charge in [0.05, 0.1) is 11.3 Å². The van der Waals surface area contributed by atoms with Crippen LogP contribution in [0.25, 0.3) is 10.9 Å². The van der Waals surface area contributed by atoms with Gasteiger partial charge in [0.25, 0.3) is 0 Å². The molecule has 28 heavy (non-hydrogen) atoms. The average molecular weight is 403 g/mol. The van der Waals surface area contributed by atoms with Gasteiger partial charge in [0, 0.05) is 11.1 Å². The first kappa shape index (κ1) is 18.7. The van der Waals surface area contributed by atoms with Crippen LogP contribution >= 0.6 is 11.8 Å². The van der Waals surface area contributed by atoms with Crippen LogP contribution in [-0.2, 0) is 23.8 Å². The van der Waals surface area contributed by atoms with Crippen LogP contribution in [0, 0.1) is 0 Å². The maximum absolute atomic E-state index is 13.1. The van der Waals surface area contributed by atoms with E-state index in [2.05, 4.69) is 15.3 Å². The first-order valence-corrected chi connectivity index (χ1v) is 9.77. The molecule has 144 valence electrons. The number of rotatable bonds is 4. The van der Waals surface area contributed by atoms with Crippen molar-refractivity contribution in [2.24, 2.45) is 0 Å². The van der Waals surface area contributed by atoms with E-state index in [1.165, 1.54) is 17.2 Å². The second kappa shape index (κ2) is 7.43. The molecule has 1 aromatic heterocycles. The summed E-state index contributed by atoms with van der Waals surface area (Å²) >= 11 is 0.970. The van der Waals surface area contributed by atoms with Gasteiger partial charge >= 0.3 is 6.18 Å². The largest absolute Gasteiger partial charge is 0.451 e. The number of carbonyl (C=O) groups excluding carboxylic acids is 1. The summed E-state index contributed by atoms with van der Waals surface area (Å²) in [6, 6.07) is 12.3. The number of thioether (sulfide) groups is 1. The summed E-state index contributed by atoms with van der Waals surface area (Å²) in [6.07, 6.45) is -1.47. The summed E-state index contributed by atoms with van der Waals surface area (Å²) in [5, 5.41) is 3.44. The van der Waals surface area contributed by atoms with Gasteiger partial charge in [-0.25, -0.2) is 9.97 Å². The van der Waals surface area contributed by atoms with Crippen molar-refractivity contribution >= 4 is 34.3 Å². The fraction of sp³-hybridized carbons (Fsp3) is 0.250. The highest BCUT2D eigenvalue weighted by molar-refractivity contribution is 8.00. The molecule has 0 aliphatic heterocycles. The van der Waals surface area contributed by atoms with Crippen molar-refractivity contribution in [3.05, 3.63) is 59.4 Å². The van der Waals surface area contributed by atoms with Crippen LogP contribution in [0.15, 0.2) is 47.5 Å². The van der Waals surface area contributed by atoms with Crippen LogP contribution in [0.2, 0.25) is 0 Å². The third-order valence-electron chi connectivity index (χ3n) is 4.54. The Labute approximate surface area is 163 Å². The van der Waals surface area contributed by atoms with Crippen molar-refractivity contribution in [3.8, 4) is 0 Å². The molecular weight excluding hydrogens is 387 g/mol. The number of anilines is 1. The zero-order chi connectivity index (χ0) is 19.7. The van der Waals surface area contributed by atoms with Crippen molar-refractivity contribution in [2.45, 2.75) is 30.5 Å². The number of carbonyl (C=O) groups is 1. The first-order valence-electron chi connectivity index (χ1n) is 8.78. The van der Waals surface area contributed by atoms with Gasteiger partial charge in [0.15, 0.2) is 0 Å². The Balaban J connectivity index is 1.51. The van der Waals surface area contributed by atoms with Crippen LogP contribution < -0.4 is 5.32 Å². The SMILES string of the molecule is O=C(CSc1nc(C(F)(F)F)nc2ccccc12)Nc1ccc2c(c1)CCC2. The molecule has 0 bridgehead atoms. The number of hydrogen-bond acceptors (Lipinski definition) is 4. The number of benzene rings is 2. The van der Waals surface area contributed by atoms with Gasteiger partial charge in [0.2, 0.25) is 11.7 Å². The van der Waals surface area contributed by atoms with E-state index in [1.807, 2.05) is 18.2 Å². The van der Waals surface area contributed by atoms with E-state index < -0.39 is 12.0 Å². The van der Waals surface area contributed by atoms with E-state index in [0.29, 0.717) is 11.1 Å². The van der Waals surface area contributed by atoms with Gasteiger partial charge in [-0.3, -0.25) is 4.79 Å². The van der Waals surface area contributed by atoms with Crippen LogP contribution in [0.3, 0.4) is 0 Å². The zero-order valence-electron chi connectivity index (χ0n) is 14.7. The Kier molecular flexibility index (Phi) is 4.97. The lowest BCUT2D eigenvalue weighted by atomic mass is 10.1.